The van der Waals surface area contributed by atoms with Gasteiger partial charge in [-0.1, -0.05) is 19.8 Å². The van der Waals surface area contributed by atoms with Crippen LogP contribution in [0, 0.1) is 0 Å². The Balaban J connectivity index is 2.13. The van der Waals surface area contributed by atoms with Crippen LogP contribution in [0.5, 0.6) is 0 Å². The Labute approximate surface area is 129 Å². The van der Waals surface area contributed by atoms with Crippen LogP contribution < -0.4 is 5.32 Å². The Hall–Kier alpha value is -0.870. The van der Waals surface area contributed by atoms with Crippen LogP contribution in [0.25, 0.3) is 0 Å². The Bertz CT molecular complexity index is 421. The second-order valence-corrected chi connectivity index (χ2v) is 6.40. The molecule has 0 aliphatic heterocycles. The Morgan fingerprint density at radius 2 is 2.05 bits per heavy atom. The van der Waals surface area contributed by atoms with Gasteiger partial charge in [0.05, 0.1) is 11.3 Å². The van der Waals surface area contributed by atoms with Crippen LogP contribution >= 0.6 is 0 Å². The number of nitrogens with zero attached hydrogens (tertiary/aromatic N) is 2. The van der Waals surface area contributed by atoms with Crippen molar-refractivity contribution in [1.29, 1.82) is 0 Å². The van der Waals surface area contributed by atoms with Crippen molar-refractivity contribution in [2.45, 2.75) is 77.5 Å². The number of aromatic nitrogens is 2. The highest BCUT2D eigenvalue weighted by molar-refractivity contribution is 5.07. The van der Waals surface area contributed by atoms with Crippen molar-refractivity contribution in [1.82, 2.24) is 15.1 Å². The minimum Gasteiger partial charge on any atom is -0.374 e. The third-order valence-electron chi connectivity index (χ3n) is 4.57. The van der Waals surface area contributed by atoms with Crippen LogP contribution in [0.3, 0.4) is 0 Å². The number of likely N-dealkylation sites (N-methyl/N-ethyl adjacent to an activating group) is 1. The minimum atomic E-state index is 0.00632. The standard InChI is InChI=1S/C17H31N3O/c1-5-18-16(17(21-6-2)10-7-8-11-17)13-15-9-12-20(19-15)14(3)4/h9,12,14,16,18H,5-8,10-11,13H2,1-4H3. The van der Waals surface area contributed by atoms with Crippen LogP contribution in [0.4, 0.5) is 0 Å². The molecule has 0 amide bonds. The molecule has 1 atom stereocenters. The van der Waals surface area contributed by atoms with Gasteiger partial charge in [0.1, 0.15) is 0 Å². The second kappa shape index (κ2) is 7.41. The molecule has 1 aliphatic rings. The summed E-state index contributed by atoms with van der Waals surface area (Å²) in [6.07, 6.45) is 7.94. The lowest BCUT2D eigenvalue weighted by Crippen LogP contribution is -2.52. The fourth-order valence-electron chi connectivity index (χ4n) is 3.53. The van der Waals surface area contributed by atoms with E-state index in [2.05, 4.69) is 45.3 Å². The van der Waals surface area contributed by atoms with Gasteiger partial charge in [0, 0.05) is 31.3 Å². The zero-order valence-electron chi connectivity index (χ0n) is 14.1. The predicted octanol–water partition coefficient (Wildman–Crippen LogP) is 3.33. The minimum absolute atomic E-state index is 0.00632. The van der Waals surface area contributed by atoms with Crippen molar-refractivity contribution in [3.8, 4) is 0 Å². The molecule has 0 spiro atoms. The number of ether oxygens (including phenoxy) is 1. The van der Waals surface area contributed by atoms with Gasteiger partial charge in [-0.3, -0.25) is 4.68 Å². The largest absolute Gasteiger partial charge is 0.374 e. The lowest BCUT2D eigenvalue weighted by molar-refractivity contribution is -0.0611. The molecule has 1 unspecified atom stereocenters. The average molecular weight is 293 g/mol. The van der Waals surface area contributed by atoms with Crippen LogP contribution in [-0.4, -0.2) is 34.6 Å². The van der Waals surface area contributed by atoms with E-state index >= 15 is 0 Å². The van der Waals surface area contributed by atoms with E-state index in [9.17, 15) is 0 Å². The van der Waals surface area contributed by atoms with Crippen LogP contribution in [0.15, 0.2) is 12.3 Å². The van der Waals surface area contributed by atoms with Gasteiger partial charge in [-0.25, -0.2) is 0 Å². The van der Waals surface area contributed by atoms with E-state index in [1.807, 2.05) is 4.68 Å². The molecule has 0 saturated heterocycles. The van der Waals surface area contributed by atoms with E-state index in [-0.39, 0.29) is 5.60 Å². The first-order chi connectivity index (χ1) is 10.1. The van der Waals surface area contributed by atoms with Crippen molar-refractivity contribution < 1.29 is 4.74 Å². The molecule has 0 radical (unpaired) electrons. The van der Waals surface area contributed by atoms with Crippen molar-refractivity contribution in [2.75, 3.05) is 13.2 Å². The smallest absolute Gasteiger partial charge is 0.0838 e. The van der Waals surface area contributed by atoms with Crippen molar-refractivity contribution in [3.05, 3.63) is 18.0 Å². The first-order valence-electron chi connectivity index (χ1n) is 8.52. The third-order valence-corrected chi connectivity index (χ3v) is 4.57. The number of hydrogen-bond donors (Lipinski definition) is 1. The molecule has 0 bridgehead atoms. The Morgan fingerprint density at radius 1 is 1.33 bits per heavy atom. The molecule has 1 N–H and O–H groups in total. The second-order valence-electron chi connectivity index (χ2n) is 6.40. The summed E-state index contributed by atoms with van der Waals surface area (Å²) in [5.74, 6) is 0. The monoisotopic (exact) mass is 293 g/mol. The molecule has 1 heterocycles. The maximum absolute atomic E-state index is 6.23. The lowest BCUT2D eigenvalue weighted by atomic mass is 9.88. The van der Waals surface area contributed by atoms with Crippen molar-refractivity contribution >= 4 is 0 Å². The highest BCUT2D eigenvalue weighted by Gasteiger charge is 2.42. The summed E-state index contributed by atoms with van der Waals surface area (Å²) in [5, 5.41) is 8.38. The molecule has 1 fully saturated rings. The summed E-state index contributed by atoms with van der Waals surface area (Å²) in [4.78, 5) is 0. The number of hydrogen-bond acceptors (Lipinski definition) is 3. The highest BCUT2D eigenvalue weighted by Crippen LogP contribution is 2.37. The summed E-state index contributed by atoms with van der Waals surface area (Å²) < 4.78 is 8.28. The van der Waals surface area contributed by atoms with E-state index in [0.29, 0.717) is 12.1 Å². The van der Waals surface area contributed by atoms with E-state index < -0.39 is 0 Å². The van der Waals surface area contributed by atoms with Crippen LogP contribution in [0.1, 0.15) is 65.1 Å². The molecule has 21 heavy (non-hydrogen) atoms. The zero-order valence-corrected chi connectivity index (χ0v) is 14.1. The highest BCUT2D eigenvalue weighted by atomic mass is 16.5. The van der Waals surface area contributed by atoms with Gasteiger partial charge in [-0.05, 0) is 46.2 Å². The first-order valence-corrected chi connectivity index (χ1v) is 8.52. The van der Waals surface area contributed by atoms with Crippen LogP contribution in [-0.2, 0) is 11.2 Å². The van der Waals surface area contributed by atoms with Gasteiger partial charge in [-0.15, -0.1) is 0 Å². The normalized spacial score (nSPS) is 19.3. The quantitative estimate of drug-likeness (QED) is 0.799. The van der Waals surface area contributed by atoms with E-state index in [1.54, 1.807) is 0 Å². The number of rotatable bonds is 8. The van der Waals surface area contributed by atoms with Gasteiger partial charge in [0.2, 0.25) is 0 Å². The van der Waals surface area contributed by atoms with Gasteiger partial charge in [0.25, 0.3) is 0 Å². The molecular formula is C17H31N3O. The number of nitrogens with one attached hydrogen (secondary N) is 1. The van der Waals surface area contributed by atoms with Gasteiger partial charge >= 0.3 is 0 Å². The molecule has 1 aromatic rings. The van der Waals surface area contributed by atoms with E-state index in [1.165, 1.54) is 31.4 Å². The molecule has 4 heteroatoms. The van der Waals surface area contributed by atoms with Gasteiger partial charge in [-0.2, -0.15) is 5.10 Å². The van der Waals surface area contributed by atoms with Crippen molar-refractivity contribution in [3.63, 3.8) is 0 Å². The maximum Gasteiger partial charge on any atom is 0.0838 e. The van der Waals surface area contributed by atoms with E-state index in [0.717, 1.165) is 19.6 Å². The molecular weight excluding hydrogens is 262 g/mol. The van der Waals surface area contributed by atoms with Gasteiger partial charge in [0.15, 0.2) is 0 Å². The molecule has 1 saturated carbocycles. The van der Waals surface area contributed by atoms with Crippen molar-refractivity contribution in [2.24, 2.45) is 0 Å². The average Bonchev–Trinajstić information content (AvgIpc) is 3.08. The summed E-state index contributed by atoms with van der Waals surface area (Å²) in [6.45, 7) is 10.4. The summed E-state index contributed by atoms with van der Waals surface area (Å²) in [5.41, 5.74) is 1.17. The summed E-state index contributed by atoms with van der Waals surface area (Å²) >= 11 is 0. The SMILES string of the molecule is CCNC(Cc1ccn(C(C)C)n1)C1(OCC)CCCC1. The Morgan fingerprint density at radius 3 is 2.57 bits per heavy atom. The summed E-state index contributed by atoms with van der Waals surface area (Å²) in [7, 11) is 0. The summed E-state index contributed by atoms with van der Waals surface area (Å²) in [6, 6.07) is 2.93. The molecule has 120 valence electrons. The van der Waals surface area contributed by atoms with Crippen LogP contribution in [0.2, 0.25) is 0 Å². The molecule has 0 aromatic carbocycles. The third kappa shape index (κ3) is 3.86. The zero-order chi connectivity index (χ0) is 15.3. The molecule has 1 aliphatic carbocycles. The predicted molar refractivity (Wildman–Crippen MR) is 86.6 cm³/mol. The topological polar surface area (TPSA) is 39.1 Å². The lowest BCUT2D eigenvalue weighted by Gasteiger charge is -2.37. The first kappa shape index (κ1) is 16.5. The van der Waals surface area contributed by atoms with Gasteiger partial charge < -0.3 is 10.1 Å². The van der Waals surface area contributed by atoms with E-state index in [4.69, 9.17) is 9.84 Å². The maximum atomic E-state index is 6.23. The fraction of sp³-hybridized carbons (Fsp3) is 0.824. The molecule has 4 nitrogen and oxygen atoms in total. The molecule has 2 rings (SSSR count). The Kier molecular flexibility index (Phi) is 5.82. The fourth-order valence-corrected chi connectivity index (χ4v) is 3.53. The molecule has 1 aromatic heterocycles.